The number of primary amides is 1. The quantitative estimate of drug-likeness (QED) is 0.859. The first-order valence-corrected chi connectivity index (χ1v) is 3.99. The first-order valence-electron chi connectivity index (χ1n) is 3.61. The first kappa shape index (κ1) is 14.0. The van der Waals surface area contributed by atoms with Crippen LogP contribution in [0.15, 0.2) is 24.5 Å². The van der Waals surface area contributed by atoms with E-state index in [1.54, 1.807) is 28.9 Å². The third kappa shape index (κ3) is 2.53. The Morgan fingerprint density at radius 1 is 1.47 bits per heavy atom. The number of imidazole rings is 1. The van der Waals surface area contributed by atoms with Crippen molar-refractivity contribution >= 4 is 48.0 Å². The zero-order chi connectivity index (χ0) is 9.42. The van der Waals surface area contributed by atoms with E-state index >= 15 is 0 Å². The van der Waals surface area contributed by atoms with E-state index in [-0.39, 0.29) is 24.8 Å². The van der Waals surface area contributed by atoms with Crippen LogP contribution in [0.3, 0.4) is 0 Å². The maximum Gasteiger partial charge on any atom is 0.252 e. The standard InChI is InChI=1S/C8H6ClN3O.2ClH/c9-6-4-12-3-1-2-5(7(10)13)8(12)11-6;;/h1-4H,(H2,10,13);2*1H. The van der Waals surface area contributed by atoms with Crippen LogP contribution in [-0.4, -0.2) is 15.3 Å². The average Bonchev–Trinajstić information content (AvgIpc) is 2.43. The van der Waals surface area contributed by atoms with Gasteiger partial charge in [0.1, 0.15) is 5.15 Å². The second-order valence-corrected chi connectivity index (χ2v) is 2.97. The van der Waals surface area contributed by atoms with Crippen molar-refractivity contribution in [2.75, 3.05) is 0 Å². The van der Waals surface area contributed by atoms with E-state index in [0.717, 1.165) is 0 Å². The Bertz CT molecular complexity index is 483. The van der Waals surface area contributed by atoms with Crippen molar-refractivity contribution in [1.29, 1.82) is 0 Å². The van der Waals surface area contributed by atoms with Crippen LogP contribution in [0.25, 0.3) is 5.65 Å². The predicted octanol–water partition coefficient (Wildman–Crippen LogP) is 1.93. The lowest BCUT2D eigenvalue weighted by Crippen LogP contribution is -2.12. The monoisotopic (exact) mass is 267 g/mol. The summed E-state index contributed by atoms with van der Waals surface area (Å²) in [5.74, 6) is -0.507. The van der Waals surface area contributed by atoms with Crippen molar-refractivity contribution in [2.45, 2.75) is 0 Å². The number of halogens is 3. The first-order chi connectivity index (χ1) is 6.18. The fourth-order valence-electron chi connectivity index (χ4n) is 1.18. The molecule has 82 valence electrons. The number of amides is 1. The van der Waals surface area contributed by atoms with Gasteiger partial charge < -0.3 is 10.1 Å². The highest BCUT2D eigenvalue weighted by atomic mass is 35.5. The number of nitrogens with two attached hydrogens (primary N) is 1. The van der Waals surface area contributed by atoms with E-state index in [1.807, 2.05) is 0 Å². The third-order valence-corrected chi connectivity index (χ3v) is 1.90. The highest BCUT2D eigenvalue weighted by Crippen LogP contribution is 2.13. The van der Waals surface area contributed by atoms with Gasteiger partial charge in [-0.25, -0.2) is 4.98 Å². The van der Waals surface area contributed by atoms with Crippen LogP contribution in [0.4, 0.5) is 0 Å². The van der Waals surface area contributed by atoms with Crippen LogP contribution in [0.2, 0.25) is 5.15 Å². The molecule has 1 amide bonds. The van der Waals surface area contributed by atoms with Gasteiger partial charge in [0.2, 0.25) is 0 Å². The van der Waals surface area contributed by atoms with Crippen molar-refractivity contribution in [1.82, 2.24) is 9.38 Å². The van der Waals surface area contributed by atoms with Crippen LogP contribution >= 0.6 is 36.4 Å². The van der Waals surface area contributed by atoms with Gasteiger partial charge in [-0.2, -0.15) is 0 Å². The molecule has 0 unspecified atom stereocenters. The largest absolute Gasteiger partial charge is 0.365 e. The smallest absolute Gasteiger partial charge is 0.252 e. The molecule has 0 atom stereocenters. The maximum atomic E-state index is 10.9. The molecular formula is C8H8Cl3N3O. The van der Waals surface area contributed by atoms with Gasteiger partial charge >= 0.3 is 0 Å². The molecule has 7 heteroatoms. The Kier molecular flexibility index (Phi) is 4.87. The number of aromatic nitrogens is 2. The molecule has 4 nitrogen and oxygen atoms in total. The Morgan fingerprint density at radius 3 is 2.73 bits per heavy atom. The summed E-state index contributed by atoms with van der Waals surface area (Å²) in [4.78, 5) is 14.9. The van der Waals surface area contributed by atoms with Crippen LogP contribution in [0.1, 0.15) is 10.4 Å². The van der Waals surface area contributed by atoms with Crippen LogP contribution < -0.4 is 5.73 Å². The van der Waals surface area contributed by atoms with Crippen LogP contribution in [0.5, 0.6) is 0 Å². The summed E-state index contributed by atoms with van der Waals surface area (Å²) in [6, 6.07) is 3.33. The van der Waals surface area contributed by atoms with Gasteiger partial charge in [-0.1, -0.05) is 11.6 Å². The molecule has 0 radical (unpaired) electrons. The summed E-state index contributed by atoms with van der Waals surface area (Å²) in [6.45, 7) is 0. The van der Waals surface area contributed by atoms with Gasteiger partial charge in [0.25, 0.3) is 5.91 Å². The topological polar surface area (TPSA) is 60.4 Å². The molecule has 0 spiro atoms. The fourth-order valence-corrected chi connectivity index (χ4v) is 1.36. The Morgan fingerprint density at radius 2 is 2.13 bits per heavy atom. The number of nitrogens with zero attached hydrogens (tertiary/aromatic N) is 2. The number of pyridine rings is 1. The second kappa shape index (κ2) is 5.21. The molecule has 0 saturated heterocycles. The van der Waals surface area contributed by atoms with Crippen molar-refractivity contribution in [3.05, 3.63) is 35.2 Å². The molecule has 0 bridgehead atoms. The Balaban J connectivity index is 0.000000980. The molecule has 0 saturated carbocycles. The molecule has 0 aliphatic rings. The number of hydrogen-bond donors (Lipinski definition) is 1. The normalized spacial score (nSPS) is 9.13. The van der Waals surface area contributed by atoms with Crippen LogP contribution in [-0.2, 0) is 0 Å². The maximum absolute atomic E-state index is 10.9. The van der Waals surface area contributed by atoms with Gasteiger partial charge in [0.15, 0.2) is 5.65 Å². The van der Waals surface area contributed by atoms with E-state index in [9.17, 15) is 4.79 Å². The highest BCUT2D eigenvalue weighted by molar-refractivity contribution is 6.29. The van der Waals surface area contributed by atoms with E-state index in [0.29, 0.717) is 16.4 Å². The third-order valence-electron chi connectivity index (χ3n) is 1.72. The summed E-state index contributed by atoms with van der Waals surface area (Å²) < 4.78 is 1.66. The lowest BCUT2D eigenvalue weighted by Gasteiger charge is -1.96. The van der Waals surface area contributed by atoms with Crippen LogP contribution in [0, 0.1) is 0 Å². The highest BCUT2D eigenvalue weighted by Gasteiger charge is 2.08. The molecule has 2 heterocycles. The lowest BCUT2D eigenvalue weighted by molar-refractivity contribution is 0.100. The molecule has 2 rings (SSSR count). The predicted molar refractivity (Wildman–Crippen MR) is 63.2 cm³/mol. The number of rotatable bonds is 1. The minimum atomic E-state index is -0.507. The summed E-state index contributed by atoms with van der Waals surface area (Å²) >= 11 is 5.68. The summed E-state index contributed by atoms with van der Waals surface area (Å²) in [7, 11) is 0. The number of carbonyl (C=O) groups is 1. The fraction of sp³-hybridized carbons (Fsp3) is 0. The summed E-state index contributed by atoms with van der Waals surface area (Å²) in [6.07, 6.45) is 3.37. The van der Waals surface area contributed by atoms with Gasteiger partial charge in [-0.15, -0.1) is 24.8 Å². The zero-order valence-corrected chi connectivity index (χ0v) is 9.77. The van der Waals surface area contributed by atoms with E-state index < -0.39 is 5.91 Å². The summed E-state index contributed by atoms with van der Waals surface area (Å²) in [5.41, 5.74) is 6.01. The zero-order valence-electron chi connectivity index (χ0n) is 7.38. The Hall–Kier alpha value is -0.970. The molecule has 0 aliphatic heterocycles. The molecule has 2 aromatic rings. The Labute approximate surface area is 103 Å². The minimum Gasteiger partial charge on any atom is -0.365 e. The number of hydrogen-bond acceptors (Lipinski definition) is 2. The van der Waals surface area contributed by atoms with E-state index in [1.165, 1.54) is 0 Å². The average molecular weight is 269 g/mol. The molecule has 2 aromatic heterocycles. The molecule has 2 N–H and O–H groups in total. The van der Waals surface area contributed by atoms with Gasteiger partial charge in [-0.05, 0) is 12.1 Å². The molecule has 0 fully saturated rings. The van der Waals surface area contributed by atoms with E-state index in [2.05, 4.69) is 4.98 Å². The van der Waals surface area contributed by atoms with Crippen molar-refractivity contribution in [3.8, 4) is 0 Å². The molecule has 15 heavy (non-hydrogen) atoms. The lowest BCUT2D eigenvalue weighted by atomic mass is 10.2. The molecule has 0 aromatic carbocycles. The molecule has 0 aliphatic carbocycles. The second-order valence-electron chi connectivity index (χ2n) is 2.58. The number of carbonyl (C=O) groups excluding carboxylic acids is 1. The van der Waals surface area contributed by atoms with Crippen molar-refractivity contribution in [3.63, 3.8) is 0 Å². The number of fused-ring (bicyclic) bond motifs is 1. The van der Waals surface area contributed by atoms with Gasteiger partial charge in [0.05, 0.1) is 5.56 Å². The minimum absolute atomic E-state index is 0. The van der Waals surface area contributed by atoms with Gasteiger partial charge in [0, 0.05) is 12.4 Å². The summed E-state index contributed by atoms with van der Waals surface area (Å²) in [5, 5.41) is 0.341. The SMILES string of the molecule is Cl.Cl.NC(=O)c1cccn2cc(Cl)nc12. The van der Waals surface area contributed by atoms with E-state index in [4.69, 9.17) is 17.3 Å². The van der Waals surface area contributed by atoms with Gasteiger partial charge in [-0.3, -0.25) is 4.79 Å². The van der Waals surface area contributed by atoms with Crippen molar-refractivity contribution < 1.29 is 4.79 Å². The van der Waals surface area contributed by atoms with Crippen molar-refractivity contribution in [2.24, 2.45) is 5.73 Å². The molecular weight excluding hydrogens is 260 g/mol.